The first-order chi connectivity index (χ1) is 9.00. The molecular weight excluding hydrogens is 287 g/mol. The highest BCUT2D eigenvalue weighted by Crippen LogP contribution is 2.39. The van der Waals surface area contributed by atoms with Crippen LogP contribution in [0.25, 0.3) is 0 Å². The van der Waals surface area contributed by atoms with Gasteiger partial charge in [-0.1, -0.05) is 35.4 Å². The summed E-state index contributed by atoms with van der Waals surface area (Å²) >= 11 is 12.0. The van der Waals surface area contributed by atoms with Crippen LogP contribution in [0.1, 0.15) is 24.5 Å². The predicted molar refractivity (Wildman–Crippen MR) is 74.4 cm³/mol. The highest BCUT2D eigenvalue weighted by atomic mass is 35.5. The van der Waals surface area contributed by atoms with Crippen molar-refractivity contribution >= 4 is 29.2 Å². The number of carboxylic acids is 1. The van der Waals surface area contributed by atoms with E-state index in [1.54, 1.807) is 18.2 Å². The molecule has 3 nitrogen and oxygen atoms in total. The lowest BCUT2D eigenvalue weighted by molar-refractivity contribution is -0.145. The van der Waals surface area contributed by atoms with Crippen LogP contribution in [0.5, 0.6) is 0 Å². The van der Waals surface area contributed by atoms with Crippen LogP contribution in [0.2, 0.25) is 10.0 Å². The maximum atomic E-state index is 11.2. The zero-order valence-electron chi connectivity index (χ0n) is 10.1. The second-order valence-electron chi connectivity index (χ2n) is 4.66. The van der Waals surface area contributed by atoms with Gasteiger partial charge in [-0.05, 0) is 31.0 Å². The smallest absolute Gasteiger partial charge is 0.307 e. The van der Waals surface area contributed by atoms with E-state index in [1.807, 2.05) is 12.2 Å². The number of halogens is 2. The van der Waals surface area contributed by atoms with E-state index in [0.717, 1.165) is 0 Å². The first kappa shape index (κ1) is 14.4. The molecule has 1 aromatic carbocycles. The molecule has 0 aromatic heterocycles. The first-order valence-electron chi connectivity index (χ1n) is 6.01. The second kappa shape index (κ2) is 5.95. The van der Waals surface area contributed by atoms with Crippen LogP contribution >= 0.6 is 23.2 Å². The van der Waals surface area contributed by atoms with Crippen molar-refractivity contribution in [1.29, 1.82) is 0 Å². The molecule has 0 spiro atoms. The summed E-state index contributed by atoms with van der Waals surface area (Å²) in [5, 5.41) is 20.5. The summed E-state index contributed by atoms with van der Waals surface area (Å²) in [6.45, 7) is 0. The van der Waals surface area contributed by atoms with Crippen LogP contribution in [-0.4, -0.2) is 16.2 Å². The van der Waals surface area contributed by atoms with Crippen molar-refractivity contribution in [1.82, 2.24) is 0 Å². The minimum absolute atomic E-state index is 0.390. The molecule has 2 N–H and O–H groups in total. The van der Waals surface area contributed by atoms with Crippen molar-refractivity contribution in [2.75, 3.05) is 0 Å². The Kier molecular flexibility index (Phi) is 4.50. The third kappa shape index (κ3) is 3.11. The van der Waals surface area contributed by atoms with Gasteiger partial charge in [0.2, 0.25) is 0 Å². The fraction of sp³-hybridized carbons (Fsp3) is 0.357. The van der Waals surface area contributed by atoms with Crippen LogP contribution in [0.3, 0.4) is 0 Å². The van der Waals surface area contributed by atoms with Gasteiger partial charge in [-0.15, -0.1) is 0 Å². The lowest BCUT2D eigenvalue weighted by atomic mass is 9.77. The quantitative estimate of drug-likeness (QED) is 0.837. The molecule has 0 fully saturated rings. The molecule has 5 heteroatoms. The number of aliphatic hydroxyl groups is 1. The lowest BCUT2D eigenvalue weighted by Gasteiger charge is -2.30. The molecule has 0 aliphatic heterocycles. The summed E-state index contributed by atoms with van der Waals surface area (Å²) in [5.41, 5.74) is 0.487. The minimum atomic E-state index is -0.933. The number of aliphatic hydroxyl groups excluding tert-OH is 1. The Morgan fingerprint density at radius 3 is 2.63 bits per heavy atom. The topological polar surface area (TPSA) is 57.5 Å². The molecule has 3 unspecified atom stereocenters. The number of carboxylic acid groups (broad SMARTS) is 1. The Hall–Kier alpha value is -1.03. The molecule has 3 atom stereocenters. The SMILES string of the molecule is O=C(O)C1CC=CCC1C(O)c1cc(Cl)ccc1Cl. The van der Waals surface area contributed by atoms with Crippen LogP contribution in [0.15, 0.2) is 30.4 Å². The summed E-state index contributed by atoms with van der Waals surface area (Å²) < 4.78 is 0. The van der Waals surface area contributed by atoms with E-state index in [0.29, 0.717) is 28.5 Å². The largest absolute Gasteiger partial charge is 0.481 e. The molecule has 102 valence electrons. The van der Waals surface area contributed by atoms with E-state index in [9.17, 15) is 15.0 Å². The van der Waals surface area contributed by atoms with E-state index in [2.05, 4.69) is 0 Å². The summed E-state index contributed by atoms with van der Waals surface area (Å²) in [7, 11) is 0. The normalized spacial score (nSPS) is 24.2. The van der Waals surface area contributed by atoms with Gasteiger partial charge in [-0.25, -0.2) is 0 Å². The van der Waals surface area contributed by atoms with Crippen molar-refractivity contribution < 1.29 is 15.0 Å². The molecule has 0 heterocycles. The molecule has 0 bridgehead atoms. The maximum Gasteiger partial charge on any atom is 0.307 e. The molecule has 1 aliphatic rings. The van der Waals surface area contributed by atoms with Crippen molar-refractivity contribution in [3.05, 3.63) is 46.0 Å². The van der Waals surface area contributed by atoms with Gasteiger partial charge in [0.15, 0.2) is 0 Å². The van der Waals surface area contributed by atoms with Crippen molar-refractivity contribution in [3.63, 3.8) is 0 Å². The molecule has 1 aromatic rings. The second-order valence-corrected chi connectivity index (χ2v) is 5.51. The summed E-state index contributed by atoms with van der Waals surface area (Å²) in [6, 6.07) is 4.83. The van der Waals surface area contributed by atoms with E-state index < -0.39 is 23.9 Å². The summed E-state index contributed by atoms with van der Waals surface area (Å²) in [6.07, 6.45) is 3.74. The van der Waals surface area contributed by atoms with Crippen molar-refractivity contribution in [2.24, 2.45) is 11.8 Å². The van der Waals surface area contributed by atoms with Gasteiger partial charge in [0, 0.05) is 21.5 Å². The van der Waals surface area contributed by atoms with E-state index >= 15 is 0 Å². The number of benzene rings is 1. The van der Waals surface area contributed by atoms with Crippen LogP contribution < -0.4 is 0 Å². The number of carbonyl (C=O) groups is 1. The molecule has 0 saturated heterocycles. The fourth-order valence-corrected chi connectivity index (χ4v) is 2.85. The molecule has 2 rings (SSSR count). The number of rotatable bonds is 3. The predicted octanol–water partition coefficient (Wildman–Crippen LogP) is 3.69. The number of hydrogen-bond acceptors (Lipinski definition) is 2. The Bertz CT molecular complexity index is 513. The monoisotopic (exact) mass is 300 g/mol. The van der Waals surface area contributed by atoms with Gasteiger partial charge < -0.3 is 10.2 Å². The van der Waals surface area contributed by atoms with Gasteiger partial charge in [0.05, 0.1) is 12.0 Å². The van der Waals surface area contributed by atoms with Gasteiger partial charge in [-0.2, -0.15) is 0 Å². The van der Waals surface area contributed by atoms with E-state index in [4.69, 9.17) is 23.2 Å². The highest BCUT2D eigenvalue weighted by Gasteiger charge is 2.35. The molecule has 0 radical (unpaired) electrons. The maximum absolute atomic E-state index is 11.2. The van der Waals surface area contributed by atoms with E-state index in [1.165, 1.54) is 0 Å². The zero-order valence-corrected chi connectivity index (χ0v) is 11.6. The van der Waals surface area contributed by atoms with Crippen molar-refractivity contribution in [3.8, 4) is 0 Å². The lowest BCUT2D eigenvalue weighted by Crippen LogP contribution is -2.29. The van der Waals surface area contributed by atoms with Crippen LogP contribution in [0, 0.1) is 11.8 Å². The number of allylic oxidation sites excluding steroid dienone is 2. The van der Waals surface area contributed by atoms with E-state index in [-0.39, 0.29) is 0 Å². The van der Waals surface area contributed by atoms with Gasteiger partial charge >= 0.3 is 5.97 Å². The van der Waals surface area contributed by atoms with Gasteiger partial charge in [0.1, 0.15) is 0 Å². The average molecular weight is 301 g/mol. The number of aliphatic carboxylic acids is 1. The van der Waals surface area contributed by atoms with Crippen LogP contribution in [-0.2, 0) is 4.79 Å². The third-order valence-electron chi connectivity index (χ3n) is 3.48. The Labute approximate surface area is 121 Å². The zero-order chi connectivity index (χ0) is 14.0. The average Bonchev–Trinajstić information content (AvgIpc) is 2.40. The molecule has 0 amide bonds. The molecule has 19 heavy (non-hydrogen) atoms. The molecular formula is C14H14Cl2O3. The van der Waals surface area contributed by atoms with Gasteiger partial charge in [-0.3, -0.25) is 4.79 Å². The van der Waals surface area contributed by atoms with Crippen molar-refractivity contribution in [2.45, 2.75) is 18.9 Å². The molecule has 0 saturated carbocycles. The Morgan fingerprint density at radius 1 is 1.26 bits per heavy atom. The highest BCUT2D eigenvalue weighted by molar-refractivity contribution is 6.33. The van der Waals surface area contributed by atoms with Gasteiger partial charge in [0.25, 0.3) is 0 Å². The first-order valence-corrected chi connectivity index (χ1v) is 6.77. The Balaban J connectivity index is 2.31. The summed E-state index contributed by atoms with van der Waals surface area (Å²) in [4.78, 5) is 11.2. The summed E-state index contributed by atoms with van der Waals surface area (Å²) in [5.74, 6) is -1.89. The minimum Gasteiger partial charge on any atom is -0.481 e. The third-order valence-corrected chi connectivity index (χ3v) is 4.06. The number of hydrogen-bond donors (Lipinski definition) is 2. The Morgan fingerprint density at radius 2 is 1.95 bits per heavy atom. The standard InChI is InChI=1S/C14H14Cl2O3/c15-8-5-6-12(16)11(7-8)13(17)9-3-1-2-4-10(9)14(18)19/h1-2,5-7,9-10,13,17H,3-4H2,(H,18,19). The fourth-order valence-electron chi connectivity index (χ4n) is 2.44. The van der Waals surface area contributed by atoms with Crippen LogP contribution in [0.4, 0.5) is 0 Å². The molecule has 1 aliphatic carbocycles.